The molecule has 1 unspecified atom stereocenters. The van der Waals surface area contributed by atoms with Crippen molar-refractivity contribution in [3.8, 4) is 0 Å². The quantitative estimate of drug-likeness (QED) is 0.834. The number of hydrogen-bond acceptors (Lipinski definition) is 1. The minimum absolute atomic E-state index is 0.182. The van der Waals surface area contributed by atoms with Crippen LogP contribution in [-0.4, -0.2) is 31.1 Å². The van der Waals surface area contributed by atoms with Crippen molar-refractivity contribution < 1.29 is 4.39 Å². The highest BCUT2D eigenvalue weighted by Crippen LogP contribution is 2.30. The average molecular weight is 283 g/mol. The summed E-state index contributed by atoms with van der Waals surface area (Å²) in [5, 5.41) is 4.42. The summed E-state index contributed by atoms with van der Waals surface area (Å²) in [6.45, 7) is 5.76. The zero-order valence-electron chi connectivity index (χ0n) is 12.3. The normalized spacial score (nSPS) is 17.6. The monoisotopic (exact) mass is 283 g/mol. The first-order valence-corrected chi connectivity index (χ1v) is 7.43. The van der Waals surface area contributed by atoms with Gasteiger partial charge in [0.25, 0.3) is 0 Å². The molecule has 0 spiro atoms. The van der Waals surface area contributed by atoms with E-state index >= 15 is 0 Å². The molecule has 1 atom stereocenters. The Morgan fingerprint density at radius 1 is 0.905 bits per heavy atom. The van der Waals surface area contributed by atoms with Crippen LogP contribution in [-0.2, 0) is 0 Å². The number of aryl methyl sites for hydroxylation is 1. The predicted molar refractivity (Wildman–Crippen MR) is 84.1 cm³/mol. The van der Waals surface area contributed by atoms with Crippen LogP contribution in [0.1, 0.15) is 22.7 Å². The van der Waals surface area contributed by atoms with E-state index in [1.807, 2.05) is 12.1 Å². The maximum atomic E-state index is 13.2. The molecule has 1 fully saturated rings. The van der Waals surface area contributed by atoms with Crippen LogP contribution in [0.4, 0.5) is 4.39 Å². The van der Waals surface area contributed by atoms with Crippen LogP contribution in [0.2, 0.25) is 0 Å². The lowest BCUT2D eigenvalue weighted by Crippen LogP contribution is -2.37. The standard InChI is InChI=1S/C18H20FN2/c1-14-2-4-15(5-3-14)18(21-12-10-20-11-13-21)16-6-8-17(19)9-7-16/h2-9,18H,10-13H2,1H3/q-1. The number of piperazine rings is 1. The minimum Gasteiger partial charge on any atom is -0.660 e. The highest BCUT2D eigenvalue weighted by Gasteiger charge is 2.21. The fourth-order valence-electron chi connectivity index (χ4n) is 2.89. The molecule has 0 bridgehead atoms. The van der Waals surface area contributed by atoms with Gasteiger partial charge in [-0.05, 0) is 43.3 Å². The van der Waals surface area contributed by atoms with Gasteiger partial charge in [-0.25, -0.2) is 4.39 Å². The molecule has 3 rings (SSSR count). The first-order valence-electron chi connectivity index (χ1n) is 7.43. The molecule has 1 saturated heterocycles. The summed E-state index contributed by atoms with van der Waals surface area (Å²) in [5.74, 6) is -0.185. The topological polar surface area (TPSA) is 17.3 Å². The van der Waals surface area contributed by atoms with E-state index in [-0.39, 0.29) is 11.9 Å². The van der Waals surface area contributed by atoms with E-state index in [0.29, 0.717) is 0 Å². The van der Waals surface area contributed by atoms with Crippen LogP contribution in [0.5, 0.6) is 0 Å². The van der Waals surface area contributed by atoms with Crippen molar-refractivity contribution in [3.63, 3.8) is 0 Å². The van der Waals surface area contributed by atoms with Crippen molar-refractivity contribution in [2.45, 2.75) is 13.0 Å². The van der Waals surface area contributed by atoms with Crippen LogP contribution >= 0.6 is 0 Å². The number of nitrogens with zero attached hydrogens (tertiary/aromatic N) is 2. The van der Waals surface area contributed by atoms with Crippen LogP contribution in [0.3, 0.4) is 0 Å². The van der Waals surface area contributed by atoms with Gasteiger partial charge in [0, 0.05) is 0 Å². The van der Waals surface area contributed by atoms with Gasteiger partial charge in [-0.15, -0.1) is 13.1 Å². The third-order valence-electron chi connectivity index (χ3n) is 4.03. The molecular weight excluding hydrogens is 263 g/mol. The van der Waals surface area contributed by atoms with E-state index in [0.717, 1.165) is 31.7 Å². The summed E-state index contributed by atoms with van der Waals surface area (Å²) in [5.41, 5.74) is 3.65. The van der Waals surface area contributed by atoms with Gasteiger partial charge in [-0.3, -0.25) is 4.90 Å². The van der Waals surface area contributed by atoms with E-state index in [4.69, 9.17) is 0 Å². The third-order valence-corrected chi connectivity index (χ3v) is 4.03. The van der Waals surface area contributed by atoms with E-state index in [2.05, 4.69) is 41.4 Å². The second kappa shape index (κ2) is 6.37. The molecule has 1 aliphatic rings. The van der Waals surface area contributed by atoms with Crippen molar-refractivity contribution in [3.05, 3.63) is 76.4 Å². The average Bonchev–Trinajstić information content (AvgIpc) is 2.52. The molecule has 0 N–H and O–H groups in total. The Kier molecular flexibility index (Phi) is 4.32. The fraction of sp³-hybridized carbons (Fsp3) is 0.333. The Hall–Kier alpha value is -1.71. The molecule has 0 radical (unpaired) electrons. The van der Waals surface area contributed by atoms with E-state index in [1.165, 1.54) is 11.1 Å². The number of rotatable bonds is 3. The van der Waals surface area contributed by atoms with E-state index < -0.39 is 0 Å². The van der Waals surface area contributed by atoms with Gasteiger partial charge in [0.05, 0.1) is 6.04 Å². The van der Waals surface area contributed by atoms with Gasteiger partial charge in [0.15, 0.2) is 0 Å². The second-order valence-electron chi connectivity index (χ2n) is 5.57. The Morgan fingerprint density at radius 2 is 1.43 bits per heavy atom. The van der Waals surface area contributed by atoms with Gasteiger partial charge in [0.2, 0.25) is 0 Å². The number of hydrogen-bond donors (Lipinski definition) is 0. The summed E-state index contributed by atoms with van der Waals surface area (Å²) in [4.78, 5) is 2.44. The molecule has 0 amide bonds. The molecule has 2 nitrogen and oxygen atoms in total. The Morgan fingerprint density at radius 3 is 2.00 bits per heavy atom. The smallest absolute Gasteiger partial charge is 0.123 e. The summed E-state index contributed by atoms with van der Waals surface area (Å²) in [7, 11) is 0. The highest BCUT2D eigenvalue weighted by atomic mass is 19.1. The third kappa shape index (κ3) is 3.31. The van der Waals surface area contributed by atoms with Gasteiger partial charge in [0.1, 0.15) is 5.82 Å². The van der Waals surface area contributed by atoms with Crippen molar-refractivity contribution in [2.24, 2.45) is 0 Å². The summed E-state index contributed by atoms with van der Waals surface area (Å²) in [6.07, 6.45) is 0. The Balaban J connectivity index is 1.97. The van der Waals surface area contributed by atoms with Crippen molar-refractivity contribution in [1.82, 2.24) is 4.90 Å². The fourth-order valence-corrected chi connectivity index (χ4v) is 2.89. The molecule has 0 saturated carbocycles. The van der Waals surface area contributed by atoms with Crippen LogP contribution < -0.4 is 0 Å². The molecule has 21 heavy (non-hydrogen) atoms. The molecule has 1 heterocycles. The largest absolute Gasteiger partial charge is 0.660 e. The van der Waals surface area contributed by atoms with Crippen molar-refractivity contribution in [1.29, 1.82) is 0 Å². The Labute approximate surface area is 125 Å². The van der Waals surface area contributed by atoms with Gasteiger partial charge < -0.3 is 5.32 Å². The zero-order chi connectivity index (χ0) is 14.7. The molecule has 3 heteroatoms. The van der Waals surface area contributed by atoms with Crippen molar-refractivity contribution >= 4 is 0 Å². The lowest BCUT2D eigenvalue weighted by molar-refractivity contribution is 0.229. The minimum atomic E-state index is -0.185. The molecule has 0 aromatic heterocycles. The van der Waals surface area contributed by atoms with Crippen LogP contribution in [0, 0.1) is 12.7 Å². The van der Waals surface area contributed by atoms with Gasteiger partial charge >= 0.3 is 0 Å². The summed E-state index contributed by atoms with van der Waals surface area (Å²) < 4.78 is 13.2. The predicted octanol–water partition coefficient (Wildman–Crippen LogP) is 3.91. The molecule has 110 valence electrons. The van der Waals surface area contributed by atoms with Crippen LogP contribution in [0.25, 0.3) is 5.32 Å². The first kappa shape index (κ1) is 14.2. The lowest BCUT2D eigenvalue weighted by Gasteiger charge is -2.41. The second-order valence-corrected chi connectivity index (χ2v) is 5.57. The van der Waals surface area contributed by atoms with Gasteiger partial charge in [-0.2, -0.15) is 0 Å². The maximum Gasteiger partial charge on any atom is 0.123 e. The summed E-state index contributed by atoms with van der Waals surface area (Å²) >= 11 is 0. The Bertz CT molecular complexity index is 526. The molecule has 0 aliphatic carbocycles. The molecule has 2 aromatic carbocycles. The van der Waals surface area contributed by atoms with Crippen LogP contribution in [0.15, 0.2) is 48.5 Å². The maximum absolute atomic E-state index is 13.2. The SMILES string of the molecule is Cc1ccc(C(c2ccc(F)cc2)N2CC[N-]CC2)cc1. The highest BCUT2D eigenvalue weighted by molar-refractivity contribution is 5.34. The lowest BCUT2D eigenvalue weighted by atomic mass is 9.95. The number of halogens is 1. The molecule has 1 aliphatic heterocycles. The zero-order valence-corrected chi connectivity index (χ0v) is 12.3. The van der Waals surface area contributed by atoms with E-state index in [9.17, 15) is 4.39 Å². The number of benzene rings is 2. The first-order chi connectivity index (χ1) is 10.2. The van der Waals surface area contributed by atoms with Gasteiger partial charge in [-0.1, -0.05) is 42.0 Å². The molecule has 2 aromatic rings. The molecular formula is C18H20FN2-. The summed E-state index contributed by atoms with van der Waals surface area (Å²) in [6, 6.07) is 15.7. The van der Waals surface area contributed by atoms with E-state index in [1.54, 1.807) is 12.1 Å². The van der Waals surface area contributed by atoms with Crippen molar-refractivity contribution in [2.75, 3.05) is 26.2 Å².